The largest absolute Gasteiger partial charge is 0.497 e. The maximum atomic E-state index is 12.5. The summed E-state index contributed by atoms with van der Waals surface area (Å²) in [6, 6.07) is 26.2. The number of hydrogen-bond donors (Lipinski definition) is 2. The lowest BCUT2D eigenvalue weighted by Crippen LogP contribution is -2.33. The fraction of sp³-hybridized carbons (Fsp3) is 0.290. The molecule has 5 rings (SSSR count). The number of rotatable bonds is 9. The number of H-pyrrole nitrogens is 1. The Morgan fingerprint density at radius 1 is 0.925 bits per heavy atom. The summed E-state index contributed by atoms with van der Waals surface area (Å²) in [5.74, 6) is 1.94. The second-order valence-electron chi connectivity index (χ2n) is 9.73. The van der Waals surface area contributed by atoms with Crippen molar-refractivity contribution in [2.45, 2.75) is 36.5 Å². The van der Waals surface area contributed by atoms with E-state index in [1.165, 1.54) is 10.8 Å². The molecular weight excluding hydrogens is 528 g/mol. The summed E-state index contributed by atoms with van der Waals surface area (Å²) in [6.45, 7) is 1.63. The Bertz CT molecular complexity index is 1500. The molecule has 1 aliphatic rings. The zero-order valence-corrected chi connectivity index (χ0v) is 23.4. The Morgan fingerprint density at radius 2 is 1.48 bits per heavy atom. The van der Waals surface area contributed by atoms with E-state index in [0.717, 1.165) is 28.2 Å². The molecule has 1 fully saturated rings. The Morgan fingerprint density at radius 3 is 2.02 bits per heavy atom. The van der Waals surface area contributed by atoms with Gasteiger partial charge in [-0.3, -0.25) is 14.3 Å². The number of nitrogens with one attached hydrogen (secondary N) is 1. The van der Waals surface area contributed by atoms with Gasteiger partial charge >= 0.3 is 5.69 Å². The highest BCUT2D eigenvalue weighted by atomic mass is 32.2. The number of aliphatic hydroxyl groups excluding tert-OH is 1. The second-order valence-corrected chi connectivity index (χ2v) is 11.0. The molecule has 4 aromatic rings. The molecule has 9 heteroatoms. The quantitative estimate of drug-likeness (QED) is 0.295. The Hall–Kier alpha value is -3.79. The van der Waals surface area contributed by atoms with Crippen molar-refractivity contribution in [1.29, 1.82) is 0 Å². The van der Waals surface area contributed by atoms with Gasteiger partial charge in [-0.15, -0.1) is 11.8 Å². The monoisotopic (exact) mass is 560 g/mol. The minimum Gasteiger partial charge on any atom is -0.497 e. The van der Waals surface area contributed by atoms with Crippen LogP contribution in [-0.4, -0.2) is 46.8 Å². The van der Waals surface area contributed by atoms with Gasteiger partial charge < -0.3 is 19.3 Å². The van der Waals surface area contributed by atoms with Crippen LogP contribution in [0.4, 0.5) is 0 Å². The minimum atomic E-state index is -0.795. The van der Waals surface area contributed by atoms with Crippen LogP contribution in [0.15, 0.2) is 94.6 Å². The van der Waals surface area contributed by atoms with Gasteiger partial charge in [0.15, 0.2) is 0 Å². The number of methoxy groups -OCH3 is 2. The molecule has 1 aromatic heterocycles. The van der Waals surface area contributed by atoms with Gasteiger partial charge in [-0.1, -0.05) is 54.6 Å². The van der Waals surface area contributed by atoms with Crippen LogP contribution in [0.5, 0.6) is 11.5 Å². The standard InChI is InChI=1S/C31H32N2O6S/c1-20-18-33(30(36)32-29(20)35)28-17-26(34)27(39-28)19-40-31(21-7-5-4-6-8-21,22-9-13-24(37-2)14-10-22)23-11-15-25(38-3)16-12-23/h4-16,18,26-28,34H,17,19H2,1-3H3,(H,32,35,36)/t26?,27-,28-/m1/s1. The van der Waals surface area contributed by atoms with Crippen molar-refractivity contribution >= 4 is 11.8 Å². The molecule has 2 N–H and O–H groups in total. The van der Waals surface area contributed by atoms with Crippen molar-refractivity contribution in [2.75, 3.05) is 20.0 Å². The van der Waals surface area contributed by atoms with Gasteiger partial charge in [0.25, 0.3) is 5.56 Å². The lowest BCUT2D eigenvalue weighted by Gasteiger charge is -2.36. The highest BCUT2D eigenvalue weighted by Crippen LogP contribution is 2.50. The van der Waals surface area contributed by atoms with Crippen molar-refractivity contribution < 1.29 is 19.3 Å². The lowest BCUT2D eigenvalue weighted by molar-refractivity contribution is -0.00772. The molecule has 1 saturated heterocycles. The Balaban J connectivity index is 1.54. The van der Waals surface area contributed by atoms with Crippen LogP contribution < -0.4 is 20.7 Å². The van der Waals surface area contributed by atoms with Crippen LogP contribution in [0.1, 0.15) is 34.9 Å². The number of benzene rings is 3. The molecule has 0 saturated carbocycles. The first-order valence-electron chi connectivity index (χ1n) is 13.0. The molecule has 1 aliphatic heterocycles. The minimum absolute atomic E-state index is 0.236. The van der Waals surface area contributed by atoms with E-state index in [2.05, 4.69) is 41.4 Å². The first kappa shape index (κ1) is 27.8. The average Bonchev–Trinajstić information content (AvgIpc) is 3.36. The van der Waals surface area contributed by atoms with Crippen LogP contribution in [0.25, 0.3) is 0 Å². The van der Waals surface area contributed by atoms with E-state index in [0.29, 0.717) is 11.3 Å². The van der Waals surface area contributed by atoms with Gasteiger partial charge in [-0.2, -0.15) is 0 Å². The van der Waals surface area contributed by atoms with E-state index >= 15 is 0 Å². The summed E-state index contributed by atoms with van der Waals surface area (Å²) in [7, 11) is 3.28. The van der Waals surface area contributed by atoms with Crippen molar-refractivity contribution in [3.05, 3.63) is 128 Å². The summed E-state index contributed by atoms with van der Waals surface area (Å²) in [4.78, 5) is 26.7. The molecule has 0 aliphatic carbocycles. The summed E-state index contributed by atoms with van der Waals surface area (Å²) < 4.78 is 17.8. The Kier molecular flexibility index (Phi) is 8.16. The summed E-state index contributed by atoms with van der Waals surface area (Å²) in [5.41, 5.74) is 2.54. The number of hydrogen-bond acceptors (Lipinski definition) is 7. The lowest BCUT2D eigenvalue weighted by atomic mass is 9.84. The first-order valence-corrected chi connectivity index (χ1v) is 14.0. The molecule has 208 valence electrons. The maximum absolute atomic E-state index is 12.5. The molecule has 8 nitrogen and oxygen atoms in total. The molecule has 0 amide bonds. The van der Waals surface area contributed by atoms with Crippen molar-refractivity contribution in [3.63, 3.8) is 0 Å². The molecule has 0 radical (unpaired) electrons. The fourth-order valence-corrected chi connectivity index (χ4v) is 6.74. The topological polar surface area (TPSA) is 103 Å². The van der Waals surface area contributed by atoms with Gasteiger partial charge in [0, 0.05) is 23.9 Å². The predicted octanol–water partition coefficient (Wildman–Crippen LogP) is 4.24. The summed E-state index contributed by atoms with van der Waals surface area (Å²) >= 11 is 1.65. The number of aryl methyl sites for hydroxylation is 1. The third-order valence-electron chi connectivity index (χ3n) is 7.30. The SMILES string of the molecule is COc1ccc(C(SC[C@H]2O[C@@H](n3cc(C)c(=O)[nH]c3=O)CC2O)(c2ccccc2)c2ccc(OC)cc2)cc1. The highest BCUT2D eigenvalue weighted by Gasteiger charge is 2.41. The normalized spacial score (nSPS) is 18.9. The van der Waals surface area contributed by atoms with Crippen molar-refractivity contribution in [3.8, 4) is 11.5 Å². The average molecular weight is 561 g/mol. The van der Waals surface area contributed by atoms with Gasteiger partial charge in [-0.25, -0.2) is 4.79 Å². The number of nitrogens with zero attached hydrogens (tertiary/aromatic N) is 1. The van der Waals surface area contributed by atoms with Gasteiger partial charge in [-0.05, 0) is 47.9 Å². The smallest absolute Gasteiger partial charge is 0.330 e. The van der Waals surface area contributed by atoms with E-state index < -0.39 is 34.4 Å². The molecule has 3 aromatic carbocycles. The predicted molar refractivity (Wildman–Crippen MR) is 155 cm³/mol. The van der Waals surface area contributed by atoms with E-state index in [1.807, 2.05) is 42.5 Å². The summed E-state index contributed by atoms with van der Waals surface area (Å²) in [6.07, 6.45) is -0.306. The van der Waals surface area contributed by atoms with Crippen LogP contribution in [0.2, 0.25) is 0 Å². The molecule has 0 bridgehead atoms. The van der Waals surface area contributed by atoms with Gasteiger partial charge in [0.05, 0.1) is 31.2 Å². The Labute approximate surface area is 236 Å². The van der Waals surface area contributed by atoms with Crippen LogP contribution in [0.3, 0.4) is 0 Å². The second kappa shape index (κ2) is 11.8. The fourth-order valence-electron chi connectivity index (χ4n) is 5.12. The van der Waals surface area contributed by atoms with Crippen LogP contribution in [-0.2, 0) is 9.48 Å². The maximum Gasteiger partial charge on any atom is 0.330 e. The first-order chi connectivity index (χ1) is 19.3. The molecule has 0 spiro atoms. The number of aliphatic hydroxyl groups is 1. The van der Waals surface area contributed by atoms with Crippen molar-refractivity contribution in [1.82, 2.24) is 9.55 Å². The number of aromatic amines is 1. The molecule has 2 heterocycles. The van der Waals surface area contributed by atoms with Crippen LogP contribution in [0, 0.1) is 6.92 Å². The van der Waals surface area contributed by atoms with E-state index in [-0.39, 0.29) is 6.42 Å². The zero-order valence-electron chi connectivity index (χ0n) is 22.6. The van der Waals surface area contributed by atoms with E-state index in [4.69, 9.17) is 14.2 Å². The summed E-state index contributed by atoms with van der Waals surface area (Å²) in [5, 5.41) is 11.0. The molecule has 1 unspecified atom stereocenters. The van der Waals surface area contributed by atoms with Crippen molar-refractivity contribution in [2.24, 2.45) is 0 Å². The number of ether oxygens (including phenoxy) is 3. The number of aromatic nitrogens is 2. The molecular formula is C31H32N2O6S. The number of thioether (sulfide) groups is 1. The van der Waals surface area contributed by atoms with Gasteiger partial charge in [0.2, 0.25) is 0 Å². The highest BCUT2D eigenvalue weighted by molar-refractivity contribution is 8.00. The van der Waals surface area contributed by atoms with E-state index in [1.54, 1.807) is 32.9 Å². The zero-order chi connectivity index (χ0) is 28.3. The molecule has 40 heavy (non-hydrogen) atoms. The molecule has 3 atom stereocenters. The van der Waals surface area contributed by atoms with Crippen LogP contribution >= 0.6 is 11.8 Å². The third-order valence-corrected chi connectivity index (χ3v) is 8.93. The third kappa shape index (κ3) is 5.32. The van der Waals surface area contributed by atoms with E-state index in [9.17, 15) is 14.7 Å². The van der Waals surface area contributed by atoms with Gasteiger partial charge in [0.1, 0.15) is 17.7 Å².